The molecule has 0 spiro atoms. The van der Waals surface area contributed by atoms with Crippen LogP contribution in [-0.4, -0.2) is 23.4 Å². The van der Waals surface area contributed by atoms with Gasteiger partial charge >= 0.3 is 0 Å². The summed E-state index contributed by atoms with van der Waals surface area (Å²) in [4.78, 5) is 0. The van der Waals surface area contributed by atoms with Gasteiger partial charge in [-0.3, -0.25) is 0 Å². The molecule has 0 aromatic rings. The Bertz CT molecular complexity index is 290. The fourth-order valence-corrected chi connectivity index (χ4v) is 2.79. The maximum atomic E-state index is 8.49. The van der Waals surface area contributed by atoms with Crippen LogP contribution in [0.15, 0.2) is 0 Å². The van der Waals surface area contributed by atoms with Gasteiger partial charge in [-0.2, -0.15) is 0 Å². The van der Waals surface area contributed by atoms with Crippen molar-refractivity contribution >= 4 is 5.71 Å². The van der Waals surface area contributed by atoms with Gasteiger partial charge in [-0.1, -0.05) is 20.8 Å². The van der Waals surface area contributed by atoms with Crippen molar-refractivity contribution in [2.24, 2.45) is 11.3 Å². The molecule has 94 valence electrons. The van der Waals surface area contributed by atoms with E-state index >= 15 is 0 Å². The third kappa shape index (κ3) is 3.68. The zero-order valence-electron chi connectivity index (χ0n) is 9.86. The molecule has 5 nitrogen and oxygen atoms in total. The van der Waals surface area contributed by atoms with Gasteiger partial charge in [0.15, 0.2) is 5.71 Å². The summed E-state index contributed by atoms with van der Waals surface area (Å²) in [6.45, 7) is 9.79. The Kier molecular flexibility index (Phi) is 3.97. The van der Waals surface area contributed by atoms with E-state index in [4.69, 9.17) is 18.6 Å². The van der Waals surface area contributed by atoms with Gasteiger partial charge in [0.2, 0.25) is 0 Å². The van der Waals surface area contributed by atoms with Gasteiger partial charge in [0.1, 0.15) is 13.1 Å². The molecule has 0 amide bonds. The van der Waals surface area contributed by atoms with Crippen LogP contribution in [0.1, 0.15) is 33.6 Å². The summed E-state index contributed by atoms with van der Waals surface area (Å²) < 4.78 is 36.6. The highest BCUT2D eigenvalue weighted by Crippen LogP contribution is 2.35. The van der Waals surface area contributed by atoms with Crippen LogP contribution in [0.4, 0.5) is 0 Å². The first-order chi connectivity index (χ1) is 7.11. The van der Waals surface area contributed by atoms with Crippen molar-refractivity contribution in [3.05, 3.63) is 0 Å². The Hall–Kier alpha value is -0.200. The minimum absolute atomic E-state index is 0.510. The van der Waals surface area contributed by atoms with Crippen LogP contribution in [0.25, 0.3) is 0 Å². The van der Waals surface area contributed by atoms with Crippen LogP contribution >= 0.6 is 0 Å². The van der Waals surface area contributed by atoms with E-state index in [1.54, 1.807) is 5.71 Å². The summed E-state index contributed by atoms with van der Waals surface area (Å²) in [5.74, 6) is 0.854. The topological polar surface area (TPSA) is 95.2 Å². The first-order valence-electron chi connectivity index (χ1n) is 5.35. The van der Waals surface area contributed by atoms with Crippen molar-refractivity contribution < 1.29 is 33.5 Å². The molecule has 6 heteroatoms. The number of hydrogen-bond donors (Lipinski definition) is 0. The van der Waals surface area contributed by atoms with Gasteiger partial charge < -0.3 is 0 Å². The molecule has 2 aliphatic heterocycles. The van der Waals surface area contributed by atoms with Crippen LogP contribution in [-0.2, 0) is 0 Å². The summed E-state index contributed by atoms with van der Waals surface area (Å²) in [6, 6.07) is 0. The van der Waals surface area contributed by atoms with Gasteiger partial charge in [0.25, 0.3) is 0 Å². The number of halogens is 1. The Morgan fingerprint density at radius 2 is 1.69 bits per heavy atom. The molecule has 0 fully saturated rings. The van der Waals surface area contributed by atoms with E-state index in [2.05, 4.69) is 25.3 Å². The zero-order chi connectivity index (χ0) is 12.6. The maximum Gasteiger partial charge on any atom is 0.161 e. The third-order valence-corrected chi connectivity index (χ3v) is 3.34. The van der Waals surface area contributed by atoms with E-state index in [0.29, 0.717) is 5.41 Å². The Balaban J connectivity index is 0.000000221. The van der Waals surface area contributed by atoms with Gasteiger partial charge in [-0.15, -0.1) is 10.2 Å². The van der Waals surface area contributed by atoms with Crippen LogP contribution in [0.3, 0.4) is 0 Å². The van der Waals surface area contributed by atoms with Crippen LogP contribution in [0.2, 0.25) is 0 Å². The molecule has 2 aliphatic rings. The fraction of sp³-hybridized carbons (Fsp3) is 0.900. The van der Waals surface area contributed by atoms with E-state index in [-0.39, 0.29) is 0 Å². The van der Waals surface area contributed by atoms with Crippen molar-refractivity contribution in [3.8, 4) is 0 Å². The molecule has 0 bridgehead atoms. The molecular weight excluding hydrogens is 234 g/mol. The van der Waals surface area contributed by atoms with Gasteiger partial charge in [-0.25, -0.2) is 23.2 Å². The number of rotatable bonds is 0. The molecule has 2 heterocycles. The molecule has 0 radical (unpaired) electrons. The largest absolute Gasteiger partial charge is 0.236 e. The normalized spacial score (nSPS) is 27.6. The molecule has 16 heavy (non-hydrogen) atoms. The second-order valence-corrected chi connectivity index (χ2v) is 5.83. The maximum absolute atomic E-state index is 8.49. The van der Waals surface area contributed by atoms with Crippen LogP contribution in [0.5, 0.6) is 0 Å². The van der Waals surface area contributed by atoms with E-state index in [1.165, 1.54) is 25.9 Å². The average Bonchev–Trinajstić information content (AvgIpc) is 2.53. The van der Waals surface area contributed by atoms with Gasteiger partial charge in [0.05, 0.1) is 5.41 Å². The monoisotopic (exact) mass is 251 g/mol. The molecule has 0 saturated carbocycles. The average molecular weight is 252 g/mol. The molecule has 0 aliphatic carbocycles. The van der Waals surface area contributed by atoms with Crippen molar-refractivity contribution in [2.45, 2.75) is 33.6 Å². The van der Waals surface area contributed by atoms with Crippen molar-refractivity contribution in [1.82, 2.24) is 0 Å². The van der Waals surface area contributed by atoms with Crippen molar-refractivity contribution in [3.63, 3.8) is 0 Å². The summed E-state index contributed by atoms with van der Waals surface area (Å²) >= 11 is 0. The smallest absolute Gasteiger partial charge is 0.161 e. The number of hydrogen-bond acceptors (Lipinski definition) is 4. The zero-order valence-corrected chi connectivity index (χ0v) is 10.6. The summed E-state index contributed by atoms with van der Waals surface area (Å²) in [5.41, 5.74) is 2.24. The standard InChI is InChI=1S/C10H18N.ClHO4/c1-8-4-6-11-7-5-10(2,3)9(8)11;2-1(3,4)5/h8H,4-7H2,1-3H3;(H,2,3,4,5)/q+1;/p-1. The van der Waals surface area contributed by atoms with Crippen molar-refractivity contribution in [1.29, 1.82) is 0 Å². The molecular formula is C10H18ClNO4. The molecule has 0 saturated heterocycles. The first kappa shape index (κ1) is 13.9. The summed E-state index contributed by atoms with van der Waals surface area (Å²) in [7, 11) is -4.94. The quantitative estimate of drug-likeness (QED) is 0.433. The number of nitrogens with zero attached hydrogens (tertiary/aromatic N) is 1. The first-order valence-corrected chi connectivity index (χ1v) is 6.59. The molecule has 2 rings (SSSR count). The van der Waals surface area contributed by atoms with Crippen LogP contribution < -0.4 is 18.6 Å². The predicted octanol–water partition coefficient (Wildman–Crippen LogP) is -2.85. The predicted molar refractivity (Wildman–Crippen MR) is 47.2 cm³/mol. The second kappa shape index (κ2) is 4.58. The minimum Gasteiger partial charge on any atom is -0.236 e. The molecule has 0 aromatic carbocycles. The molecule has 1 unspecified atom stereocenters. The van der Waals surface area contributed by atoms with Gasteiger partial charge in [-0.05, 0) is 0 Å². The lowest BCUT2D eigenvalue weighted by Crippen LogP contribution is -2.68. The van der Waals surface area contributed by atoms with E-state index in [9.17, 15) is 0 Å². The lowest BCUT2D eigenvalue weighted by Gasteiger charge is -2.17. The SMILES string of the molecule is CC1CC[N+]2=C1C(C)(C)CC2.[O-][Cl+3]([O-])([O-])[O-]. The molecule has 0 N–H and O–H groups in total. The van der Waals surface area contributed by atoms with E-state index in [0.717, 1.165) is 5.92 Å². The molecule has 1 atom stereocenters. The Morgan fingerprint density at radius 3 is 2.12 bits per heavy atom. The minimum atomic E-state index is -4.94. The Morgan fingerprint density at radius 1 is 1.19 bits per heavy atom. The summed E-state index contributed by atoms with van der Waals surface area (Å²) in [5, 5.41) is 0. The Labute approximate surface area is 97.8 Å². The summed E-state index contributed by atoms with van der Waals surface area (Å²) in [6.07, 6.45) is 2.76. The van der Waals surface area contributed by atoms with E-state index in [1.807, 2.05) is 0 Å². The molecule has 0 aromatic heterocycles. The lowest BCUT2D eigenvalue weighted by molar-refractivity contribution is -2.00. The van der Waals surface area contributed by atoms with E-state index < -0.39 is 10.2 Å². The highest BCUT2D eigenvalue weighted by Gasteiger charge is 2.45. The van der Waals surface area contributed by atoms with Crippen molar-refractivity contribution in [2.75, 3.05) is 13.1 Å². The van der Waals surface area contributed by atoms with Crippen LogP contribution in [0, 0.1) is 21.6 Å². The highest BCUT2D eigenvalue weighted by molar-refractivity contribution is 5.88. The second-order valence-electron chi connectivity index (χ2n) is 5.07. The third-order valence-electron chi connectivity index (χ3n) is 3.34. The highest BCUT2D eigenvalue weighted by atomic mass is 35.7. The lowest BCUT2D eigenvalue weighted by atomic mass is 9.80. The van der Waals surface area contributed by atoms with Gasteiger partial charge in [0, 0.05) is 18.8 Å². The fourth-order valence-electron chi connectivity index (χ4n) is 2.79.